The maximum Gasteiger partial charge on any atom is 0.341 e. The number of carboxylic acid groups (broad SMARTS) is 1. The quantitative estimate of drug-likeness (QED) is 0.921. The van der Waals surface area contributed by atoms with Crippen LogP contribution in [0.15, 0.2) is 41.3 Å². The predicted molar refractivity (Wildman–Crippen MR) is 63.1 cm³/mol. The molecule has 0 aliphatic carbocycles. The summed E-state index contributed by atoms with van der Waals surface area (Å²) in [5.74, 6) is -2.74. The topological polar surface area (TPSA) is 59.3 Å². The van der Waals surface area contributed by atoms with Gasteiger partial charge >= 0.3 is 5.97 Å². The summed E-state index contributed by atoms with van der Waals surface area (Å²) in [5, 5.41) is 8.79. The fourth-order valence-corrected chi connectivity index (χ4v) is 1.66. The summed E-state index contributed by atoms with van der Waals surface area (Å²) in [7, 11) is 0. The van der Waals surface area contributed by atoms with Crippen molar-refractivity contribution in [3.63, 3.8) is 0 Å². The van der Waals surface area contributed by atoms with Gasteiger partial charge in [0.1, 0.15) is 17.2 Å². The lowest BCUT2D eigenvalue weighted by atomic mass is 10.2. The Labute approximate surface area is 106 Å². The summed E-state index contributed by atoms with van der Waals surface area (Å²) in [6, 6.07) is 5.96. The van der Waals surface area contributed by atoms with Gasteiger partial charge in [0.25, 0.3) is 5.56 Å². The minimum Gasteiger partial charge on any atom is -0.477 e. The first-order valence-electron chi connectivity index (χ1n) is 5.35. The van der Waals surface area contributed by atoms with Crippen LogP contribution in [0.1, 0.15) is 15.9 Å². The van der Waals surface area contributed by atoms with Gasteiger partial charge in [-0.3, -0.25) is 4.79 Å². The van der Waals surface area contributed by atoms with Crippen molar-refractivity contribution in [2.45, 2.75) is 6.54 Å². The number of rotatable bonds is 3. The molecule has 0 aliphatic rings. The molecule has 0 saturated carbocycles. The SMILES string of the molecule is O=C(O)c1cc(F)cn(Cc2ccc(F)cc2)c1=O. The summed E-state index contributed by atoms with van der Waals surface area (Å²) in [4.78, 5) is 22.6. The van der Waals surface area contributed by atoms with E-state index >= 15 is 0 Å². The molecule has 0 saturated heterocycles. The highest BCUT2D eigenvalue weighted by atomic mass is 19.1. The van der Waals surface area contributed by atoms with Gasteiger partial charge in [-0.15, -0.1) is 0 Å². The molecule has 0 aliphatic heterocycles. The van der Waals surface area contributed by atoms with Crippen LogP contribution < -0.4 is 5.56 Å². The average molecular weight is 265 g/mol. The maximum atomic E-state index is 13.3. The second-order valence-electron chi connectivity index (χ2n) is 3.94. The number of halogens is 2. The Bertz CT molecular complexity index is 677. The summed E-state index contributed by atoms with van der Waals surface area (Å²) in [6.45, 7) is -0.0306. The number of aromatic nitrogens is 1. The molecular formula is C13H9F2NO3. The van der Waals surface area contributed by atoms with Gasteiger partial charge in [-0.25, -0.2) is 13.6 Å². The minimum absolute atomic E-state index is 0.0306. The number of carbonyl (C=O) groups is 1. The Kier molecular flexibility index (Phi) is 3.41. The van der Waals surface area contributed by atoms with Crippen LogP contribution in [0.5, 0.6) is 0 Å². The van der Waals surface area contributed by atoms with Gasteiger partial charge in [-0.2, -0.15) is 0 Å². The average Bonchev–Trinajstić information content (AvgIpc) is 2.35. The molecule has 19 heavy (non-hydrogen) atoms. The molecule has 2 rings (SSSR count). The molecule has 0 amide bonds. The van der Waals surface area contributed by atoms with Gasteiger partial charge in [-0.1, -0.05) is 12.1 Å². The second kappa shape index (κ2) is 5.01. The third-order valence-corrected chi connectivity index (χ3v) is 2.55. The third-order valence-electron chi connectivity index (χ3n) is 2.55. The van der Waals surface area contributed by atoms with E-state index < -0.39 is 28.7 Å². The molecule has 1 N–H and O–H groups in total. The first-order chi connectivity index (χ1) is 8.97. The zero-order valence-corrected chi connectivity index (χ0v) is 9.64. The molecule has 2 aromatic rings. The fraction of sp³-hybridized carbons (Fsp3) is 0.0769. The monoisotopic (exact) mass is 265 g/mol. The Hall–Kier alpha value is -2.50. The van der Waals surface area contributed by atoms with Gasteiger partial charge in [0.15, 0.2) is 0 Å². The lowest BCUT2D eigenvalue weighted by Crippen LogP contribution is -2.27. The van der Waals surface area contributed by atoms with Crippen molar-refractivity contribution in [3.8, 4) is 0 Å². The summed E-state index contributed by atoms with van der Waals surface area (Å²) in [5.41, 5.74) is -0.884. The van der Waals surface area contributed by atoms with E-state index in [4.69, 9.17) is 5.11 Å². The van der Waals surface area contributed by atoms with Crippen molar-refractivity contribution < 1.29 is 18.7 Å². The normalized spacial score (nSPS) is 10.4. The van der Waals surface area contributed by atoms with Crippen LogP contribution in [0, 0.1) is 11.6 Å². The highest BCUT2D eigenvalue weighted by Crippen LogP contribution is 2.06. The third kappa shape index (κ3) is 2.85. The number of pyridine rings is 1. The van der Waals surface area contributed by atoms with Crippen molar-refractivity contribution in [1.29, 1.82) is 0 Å². The summed E-state index contributed by atoms with van der Waals surface area (Å²) < 4.78 is 26.9. The molecule has 6 heteroatoms. The van der Waals surface area contributed by atoms with E-state index in [-0.39, 0.29) is 6.54 Å². The summed E-state index contributed by atoms with van der Waals surface area (Å²) >= 11 is 0. The lowest BCUT2D eigenvalue weighted by molar-refractivity contribution is 0.0693. The molecule has 1 aromatic heterocycles. The van der Waals surface area contributed by atoms with Crippen molar-refractivity contribution in [1.82, 2.24) is 4.57 Å². The molecule has 0 atom stereocenters. The van der Waals surface area contributed by atoms with Crippen LogP contribution in [0.2, 0.25) is 0 Å². The molecule has 0 unspecified atom stereocenters. The Morgan fingerprint density at radius 1 is 1.16 bits per heavy atom. The van der Waals surface area contributed by atoms with Crippen molar-refractivity contribution in [3.05, 3.63) is 69.6 Å². The number of benzene rings is 1. The highest BCUT2D eigenvalue weighted by Gasteiger charge is 2.13. The largest absolute Gasteiger partial charge is 0.477 e. The van der Waals surface area contributed by atoms with Crippen LogP contribution >= 0.6 is 0 Å². The van der Waals surface area contributed by atoms with E-state index in [0.717, 1.165) is 10.8 Å². The van der Waals surface area contributed by atoms with E-state index in [9.17, 15) is 18.4 Å². The van der Waals surface area contributed by atoms with Crippen molar-refractivity contribution in [2.75, 3.05) is 0 Å². The van der Waals surface area contributed by atoms with E-state index in [1.165, 1.54) is 24.3 Å². The van der Waals surface area contributed by atoms with E-state index in [1.807, 2.05) is 0 Å². The standard InChI is InChI=1S/C13H9F2NO3/c14-9-3-1-8(2-4-9)6-16-7-10(15)5-11(12(16)17)13(18)19/h1-5,7H,6H2,(H,18,19). The number of nitrogens with zero attached hydrogens (tertiary/aromatic N) is 1. The highest BCUT2D eigenvalue weighted by molar-refractivity contribution is 5.87. The molecule has 98 valence electrons. The number of hydrogen-bond acceptors (Lipinski definition) is 2. The van der Waals surface area contributed by atoms with Crippen LogP contribution in [-0.2, 0) is 6.54 Å². The number of aromatic carboxylic acids is 1. The zero-order valence-electron chi connectivity index (χ0n) is 9.64. The second-order valence-corrected chi connectivity index (χ2v) is 3.94. The van der Waals surface area contributed by atoms with Gasteiger partial charge in [-0.05, 0) is 23.8 Å². The van der Waals surface area contributed by atoms with Gasteiger partial charge < -0.3 is 9.67 Å². The zero-order chi connectivity index (χ0) is 14.0. The Balaban J connectivity index is 2.43. The van der Waals surface area contributed by atoms with E-state index in [1.54, 1.807) is 0 Å². The smallest absolute Gasteiger partial charge is 0.341 e. The molecule has 4 nitrogen and oxygen atoms in total. The molecule has 0 fully saturated rings. The lowest BCUT2D eigenvalue weighted by Gasteiger charge is -2.07. The van der Waals surface area contributed by atoms with Gasteiger partial charge in [0.05, 0.1) is 6.54 Å². The van der Waals surface area contributed by atoms with E-state index in [2.05, 4.69) is 0 Å². The van der Waals surface area contributed by atoms with Crippen LogP contribution in [0.3, 0.4) is 0 Å². The first kappa shape index (κ1) is 12.9. The molecule has 1 aromatic carbocycles. The number of hydrogen-bond donors (Lipinski definition) is 1. The minimum atomic E-state index is -1.49. The fourth-order valence-electron chi connectivity index (χ4n) is 1.66. The van der Waals surface area contributed by atoms with Crippen molar-refractivity contribution in [2.24, 2.45) is 0 Å². The van der Waals surface area contributed by atoms with E-state index in [0.29, 0.717) is 11.6 Å². The predicted octanol–water partition coefficient (Wildman–Crippen LogP) is 1.87. The molecule has 0 radical (unpaired) electrons. The van der Waals surface area contributed by atoms with Crippen molar-refractivity contribution >= 4 is 5.97 Å². The number of carboxylic acids is 1. The molecule has 1 heterocycles. The Morgan fingerprint density at radius 3 is 2.37 bits per heavy atom. The Morgan fingerprint density at radius 2 is 1.79 bits per heavy atom. The molecular weight excluding hydrogens is 256 g/mol. The maximum absolute atomic E-state index is 13.3. The van der Waals surface area contributed by atoms with Crippen LogP contribution in [0.4, 0.5) is 8.78 Å². The molecule has 0 spiro atoms. The molecule has 0 bridgehead atoms. The first-order valence-corrected chi connectivity index (χ1v) is 5.35. The van der Waals surface area contributed by atoms with Crippen LogP contribution in [-0.4, -0.2) is 15.6 Å². The van der Waals surface area contributed by atoms with Gasteiger partial charge in [0.2, 0.25) is 0 Å². The summed E-state index contributed by atoms with van der Waals surface area (Å²) in [6.07, 6.45) is 0.915. The van der Waals surface area contributed by atoms with Crippen LogP contribution in [0.25, 0.3) is 0 Å². The van der Waals surface area contributed by atoms with Gasteiger partial charge in [0, 0.05) is 6.20 Å².